The highest BCUT2D eigenvalue weighted by Crippen LogP contribution is 2.68. The van der Waals surface area contributed by atoms with Crippen LogP contribution in [-0.2, 0) is 30.0 Å². The van der Waals surface area contributed by atoms with Crippen molar-refractivity contribution in [1.82, 2.24) is 20.0 Å². The van der Waals surface area contributed by atoms with Crippen LogP contribution in [0.5, 0.6) is 11.5 Å². The molecule has 77 heavy (non-hydrogen) atoms. The molecular weight excluding hydrogens is 1010 g/mol. The Bertz CT molecular complexity index is 2750. The molecule has 0 unspecified atom stereocenters. The number of hydrogen-bond acceptors (Lipinski definition) is 16. The molecule has 2 amide bonds. The standard InChI is InChI=1S/C28H37N3O5.C22H31N3O3.C7H9NOS2.CH4.B/c1-7-26-11-8-13-31-14-12-27(23(26)31)20-10-9-19(35-6)15-21(20)30(5)24(27)28(34,25(26)36-18(4)32)16-29-22(33)17(2)3;1-4-20-8-5-10-25-11-9-21(17(20)25)15-7-6-14(28-3)12-16(15)24(2)18(21)22(27,13-23)19(20)26;1-5(2)6(9)8-3-4-11-7(8)10;;/h8-11,15,23-25,34H,2,7,12-14,16H2,1,3-6H3,(H,29,33);5-8,12,17-19,26-27H,4,9-11,13,23H2,1-3H3;1,3-4H2,2H3;1H4;/t23-,24+,25+,26+,27+,28-;17-,18+,19+,20+,21+,22-;;;/m00.../s1. The van der Waals surface area contributed by atoms with Crippen LogP contribution in [0.2, 0.25) is 0 Å². The Morgan fingerprint density at radius 2 is 1.29 bits per heavy atom. The summed E-state index contributed by atoms with van der Waals surface area (Å²) >= 11 is 6.51. The Balaban J connectivity index is 0.000000186. The first-order valence-corrected chi connectivity index (χ1v) is 27.7. The van der Waals surface area contributed by atoms with Crippen LogP contribution in [0.4, 0.5) is 11.4 Å². The van der Waals surface area contributed by atoms with Gasteiger partial charge in [-0.25, -0.2) is 0 Å². The van der Waals surface area contributed by atoms with Gasteiger partial charge in [0, 0.05) is 130 Å². The lowest BCUT2D eigenvalue weighted by atomic mass is 9.47. The van der Waals surface area contributed by atoms with E-state index in [0.29, 0.717) is 21.9 Å². The zero-order chi connectivity index (χ0) is 54.4. The topological polar surface area (TPSA) is 194 Å². The van der Waals surface area contributed by atoms with Gasteiger partial charge in [0.25, 0.3) is 5.91 Å². The van der Waals surface area contributed by atoms with Crippen molar-refractivity contribution < 1.29 is 43.9 Å². The highest BCUT2D eigenvalue weighted by Gasteiger charge is 2.79. The molecule has 3 radical (unpaired) electrons. The number of methoxy groups -OCH3 is 2. The molecule has 7 aliphatic heterocycles. The van der Waals surface area contributed by atoms with Crippen molar-refractivity contribution in [2.75, 3.05) is 89.7 Å². The number of thiocarbonyl (C=S) groups is 1. The monoisotopic (exact) mass is 1090 g/mol. The van der Waals surface area contributed by atoms with Crippen LogP contribution < -0.4 is 30.3 Å². The number of esters is 1. The number of hydrogen-bond donors (Lipinski definition) is 5. The Kier molecular flexibility index (Phi) is 16.9. The van der Waals surface area contributed by atoms with E-state index in [2.05, 4.69) is 94.4 Å². The molecule has 19 heteroatoms. The summed E-state index contributed by atoms with van der Waals surface area (Å²) in [6, 6.07) is 11.8. The van der Waals surface area contributed by atoms with Crippen molar-refractivity contribution >= 4 is 65.9 Å². The Morgan fingerprint density at radius 3 is 1.71 bits per heavy atom. The highest BCUT2D eigenvalue weighted by molar-refractivity contribution is 8.23. The molecule has 0 bridgehead atoms. The fourth-order valence-corrected chi connectivity index (χ4v) is 17.4. The number of nitrogens with two attached hydrogens (primary N) is 1. The largest absolute Gasteiger partial charge is 0.497 e. The van der Waals surface area contributed by atoms with E-state index in [1.165, 1.54) is 18.1 Å². The third kappa shape index (κ3) is 8.53. The number of thioether (sulfide) groups is 1. The summed E-state index contributed by atoms with van der Waals surface area (Å²) in [5.74, 6) is 1.63. The van der Waals surface area contributed by atoms with E-state index in [-0.39, 0.29) is 64.3 Å². The molecule has 2 aromatic carbocycles. The molecule has 2 aromatic rings. The van der Waals surface area contributed by atoms with Gasteiger partial charge in [0.15, 0.2) is 0 Å². The average molecular weight is 1100 g/mol. The highest BCUT2D eigenvalue weighted by atomic mass is 32.2. The van der Waals surface area contributed by atoms with Crippen molar-refractivity contribution in [1.29, 1.82) is 0 Å². The summed E-state index contributed by atoms with van der Waals surface area (Å²) in [6.07, 6.45) is 10.1. The minimum Gasteiger partial charge on any atom is -0.497 e. The van der Waals surface area contributed by atoms with Gasteiger partial charge in [-0.05, 0) is 75.9 Å². The molecule has 2 saturated carbocycles. The van der Waals surface area contributed by atoms with E-state index in [9.17, 15) is 29.7 Å². The van der Waals surface area contributed by atoms with Crippen LogP contribution in [0.3, 0.4) is 0 Å². The lowest BCUT2D eigenvalue weighted by Crippen LogP contribution is -2.81. The molecule has 5 fully saturated rings. The Morgan fingerprint density at radius 1 is 0.792 bits per heavy atom. The first kappa shape index (κ1) is 59.9. The first-order valence-electron chi connectivity index (χ1n) is 26.3. The lowest BCUT2D eigenvalue weighted by molar-refractivity contribution is -0.217. The number of nitrogens with one attached hydrogen (secondary N) is 1. The molecule has 417 valence electrons. The van der Waals surface area contributed by atoms with Gasteiger partial charge in [0.2, 0.25) is 5.91 Å². The molecule has 0 aromatic heterocycles. The number of benzene rings is 2. The number of carbonyl (C=O) groups excluding carboxylic acids is 3. The van der Waals surface area contributed by atoms with Crippen LogP contribution in [-0.4, -0.2) is 188 Å². The molecule has 12 atom stereocenters. The average Bonchev–Trinajstić information content (AvgIpc) is 4.13. The normalized spacial score (nSPS) is 35.2. The third-order valence-corrected chi connectivity index (χ3v) is 20.2. The van der Waals surface area contributed by atoms with E-state index >= 15 is 0 Å². The van der Waals surface area contributed by atoms with Crippen LogP contribution in [0, 0.1) is 10.8 Å². The second kappa shape index (κ2) is 21.7. The predicted molar refractivity (Wildman–Crippen MR) is 310 cm³/mol. The molecule has 7 heterocycles. The van der Waals surface area contributed by atoms with Gasteiger partial charge in [-0.2, -0.15) is 0 Å². The van der Waals surface area contributed by atoms with Gasteiger partial charge in [-0.3, -0.25) is 29.1 Å². The fourth-order valence-electron chi connectivity index (χ4n) is 16.1. The van der Waals surface area contributed by atoms with Crippen molar-refractivity contribution in [3.05, 3.63) is 96.1 Å². The van der Waals surface area contributed by atoms with Crippen molar-refractivity contribution in [2.24, 2.45) is 16.6 Å². The SMILES string of the molecule is C.C=C(C)C(=O)N1CCSC1=S.C=C(C)C(=O)NC[C@@]1(O)[C@H](OC(C)=O)[C@]2(CC)C=CCN3CC[C@@]4(c5ccc(OC)cc5N(C)[C@@H]14)[C@@H]32.CC[C@]12C=CCN3CC[C@@]4(c5ccc(OC)cc5N(C)[C@H]4[C@@](O)(CN)[C@@H]1O)[C@@H]32.[B]. The first-order chi connectivity index (χ1) is 35.6. The predicted octanol–water partition coefficient (Wildman–Crippen LogP) is 4.69. The number of likely N-dealkylation sites (N-methyl/N-ethyl adjacent to an activating group) is 2. The van der Waals surface area contributed by atoms with Crippen molar-refractivity contribution in [3.8, 4) is 11.5 Å². The van der Waals surface area contributed by atoms with Crippen LogP contribution in [0.15, 0.2) is 85.0 Å². The summed E-state index contributed by atoms with van der Waals surface area (Å²) in [6.45, 7) is 20.5. The van der Waals surface area contributed by atoms with Gasteiger partial charge in [-0.1, -0.05) is 94.8 Å². The zero-order valence-electron chi connectivity index (χ0n) is 45.6. The molecule has 2 aliphatic carbocycles. The van der Waals surface area contributed by atoms with Gasteiger partial charge in [-0.15, -0.1) is 0 Å². The van der Waals surface area contributed by atoms with Gasteiger partial charge < -0.3 is 50.4 Å². The summed E-state index contributed by atoms with van der Waals surface area (Å²) < 4.78 is 17.8. The number of rotatable bonds is 10. The van der Waals surface area contributed by atoms with Crippen LogP contribution in [0.1, 0.15) is 78.9 Å². The second-order valence-corrected chi connectivity index (χ2v) is 24.0. The summed E-state index contributed by atoms with van der Waals surface area (Å²) in [4.78, 5) is 47.3. The number of amides is 2. The summed E-state index contributed by atoms with van der Waals surface area (Å²) in [5, 5.41) is 39.3. The van der Waals surface area contributed by atoms with Crippen molar-refractivity contribution in [2.45, 2.75) is 126 Å². The maximum atomic E-state index is 12.9. The Hall–Kier alpha value is -4.73. The maximum absolute atomic E-state index is 12.9. The van der Waals surface area contributed by atoms with E-state index in [4.69, 9.17) is 32.2 Å². The van der Waals surface area contributed by atoms with E-state index in [1.807, 2.05) is 32.3 Å². The lowest BCUT2D eigenvalue weighted by Gasteiger charge is -2.64. The van der Waals surface area contributed by atoms with Gasteiger partial charge >= 0.3 is 5.97 Å². The van der Waals surface area contributed by atoms with Gasteiger partial charge in [0.05, 0.1) is 39.0 Å². The fraction of sp³-hybridized carbons (Fsp3) is 0.586. The van der Waals surface area contributed by atoms with Gasteiger partial charge in [0.1, 0.15) is 33.1 Å². The smallest absolute Gasteiger partial charge is 0.303 e. The van der Waals surface area contributed by atoms with E-state index in [0.717, 1.165) is 80.6 Å². The maximum Gasteiger partial charge on any atom is 0.303 e. The number of carbonyl (C=O) groups is 3. The van der Waals surface area contributed by atoms with Crippen LogP contribution in [0.25, 0.3) is 0 Å². The minimum absolute atomic E-state index is 0. The summed E-state index contributed by atoms with van der Waals surface area (Å²) in [7, 11) is 7.32. The quantitative estimate of drug-likeness (QED) is 0.0723. The Labute approximate surface area is 467 Å². The minimum atomic E-state index is -1.58. The van der Waals surface area contributed by atoms with E-state index in [1.54, 1.807) is 44.7 Å². The number of anilines is 2. The molecule has 16 nitrogen and oxygen atoms in total. The number of fused-ring (bicyclic) bond motifs is 2. The molecular formula is C58H81BN7O9S2. The van der Waals surface area contributed by atoms with E-state index < -0.39 is 51.7 Å². The molecule has 2 spiro atoms. The number of aliphatic hydroxyl groups excluding tert-OH is 1. The number of aliphatic hydroxyl groups is 3. The number of nitrogens with zero attached hydrogens (tertiary/aromatic N) is 5. The summed E-state index contributed by atoms with van der Waals surface area (Å²) in [5.41, 5.74) is 6.76. The third-order valence-electron chi connectivity index (χ3n) is 18.8. The van der Waals surface area contributed by atoms with Crippen molar-refractivity contribution in [3.63, 3.8) is 0 Å². The molecule has 6 N–H and O–H groups in total. The second-order valence-electron chi connectivity index (χ2n) is 22.3. The molecule has 3 saturated heterocycles. The van der Waals surface area contributed by atoms with Crippen LogP contribution >= 0.6 is 24.0 Å². The molecule has 9 aliphatic rings. The number of ether oxygens (including phenoxy) is 3. The zero-order valence-corrected chi connectivity index (χ0v) is 47.3. The molecule has 11 rings (SSSR count).